The number of ether oxygens (including phenoxy) is 1. The molecule has 6 aliphatic carbocycles. The molecule has 0 aliphatic heterocycles. The van der Waals surface area contributed by atoms with E-state index in [1.54, 1.807) is 49.1 Å². The molecule has 0 heterocycles. The number of aliphatic hydroxyl groups is 4. The van der Waals surface area contributed by atoms with Crippen LogP contribution in [0.25, 0.3) is 0 Å². The van der Waals surface area contributed by atoms with Gasteiger partial charge in [-0.3, -0.25) is 9.59 Å². The number of carboxylic acids is 3. The molecule has 0 radical (unpaired) electrons. The minimum atomic E-state index is -0.981. The molecule has 7 N–H and O–H groups in total. The number of allylic oxidation sites excluding steroid dienone is 12. The molecule has 85 heavy (non-hydrogen) atoms. The Morgan fingerprint density at radius 3 is 0.953 bits per heavy atom. The van der Waals surface area contributed by atoms with E-state index < -0.39 is 17.9 Å². The van der Waals surface area contributed by atoms with Gasteiger partial charge in [-0.25, -0.2) is 4.79 Å². The Hall–Kier alpha value is -4.13. The number of carbonyl (C=O) groups is 3. The van der Waals surface area contributed by atoms with Gasteiger partial charge in [0.25, 0.3) is 0 Å². The molecule has 0 amide bonds. The Balaban J connectivity index is -0.000000281. The monoisotopic (exact) mass is 1200 g/mol. The molecule has 0 aromatic carbocycles. The Morgan fingerprint density at radius 1 is 0.471 bits per heavy atom. The van der Waals surface area contributed by atoms with Crippen molar-refractivity contribution >= 4 is 17.9 Å². The van der Waals surface area contributed by atoms with Crippen LogP contribution in [0, 0.1) is 29.6 Å². The lowest BCUT2D eigenvalue weighted by Crippen LogP contribution is -2.14. The summed E-state index contributed by atoms with van der Waals surface area (Å²) in [5, 5.41) is 56.3. The topological polar surface area (TPSA) is 202 Å². The second-order valence-electron chi connectivity index (χ2n) is 24.2. The van der Waals surface area contributed by atoms with Crippen molar-refractivity contribution < 1.29 is 54.9 Å². The van der Waals surface area contributed by atoms with Crippen LogP contribution in [0.2, 0.25) is 0 Å². The third kappa shape index (κ3) is 70.5. The van der Waals surface area contributed by atoms with Crippen molar-refractivity contribution in [3.05, 3.63) is 107 Å². The Bertz CT molecular complexity index is 1680. The first-order valence-corrected chi connectivity index (χ1v) is 33.1. The second-order valence-corrected chi connectivity index (χ2v) is 24.2. The third-order valence-electron chi connectivity index (χ3n) is 13.5. The predicted octanol–water partition coefficient (Wildman–Crippen LogP) is 20.0. The van der Waals surface area contributed by atoms with Gasteiger partial charge in [0.15, 0.2) is 0 Å². The number of hydrogen-bond donors (Lipinski definition) is 7. The maximum absolute atomic E-state index is 9.37. The van der Waals surface area contributed by atoms with E-state index in [2.05, 4.69) is 124 Å². The molecule has 6 rings (SSSR count). The van der Waals surface area contributed by atoms with Crippen molar-refractivity contribution in [2.75, 3.05) is 26.6 Å². The Labute approximate surface area is 522 Å². The van der Waals surface area contributed by atoms with Crippen molar-refractivity contribution in [2.45, 2.75) is 289 Å². The molecule has 6 aliphatic rings. The SMILES string of the molecule is C=C1CCCC/C1=C/C(C)C.C=C1CC[C@H](O)C/C1=C/CO.C=CC(=O)O.CC(C)C=C1CCCCC1.CC(C)C=C1CCCCC1.CC(C)C=C1CCCCC1.CC(C)C=C1CCCCC1.CCC(=O)O.CCC(=O)O.CCO.CCOCO. The lowest BCUT2D eigenvalue weighted by atomic mass is 9.88. The van der Waals surface area contributed by atoms with Gasteiger partial charge >= 0.3 is 17.9 Å². The van der Waals surface area contributed by atoms with E-state index >= 15 is 0 Å². The van der Waals surface area contributed by atoms with Crippen LogP contribution in [0.4, 0.5) is 0 Å². The summed E-state index contributed by atoms with van der Waals surface area (Å²) in [6.45, 7) is 40.9. The van der Waals surface area contributed by atoms with Crippen LogP contribution < -0.4 is 0 Å². The van der Waals surface area contributed by atoms with Crippen LogP contribution in [-0.2, 0) is 19.1 Å². The molecule has 6 saturated carbocycles. The maximum Gasteiger partial charge on any atom is 0.327 e. The van der Waals surface area contributed by atoms with Crippen molar-refractivity contribution in [3.8, 4) is 0 Å². The molecule has 0 aromatic rings. The minimum Gasteiger partial charge on any atom is -0.481 e. The Morgan fingerprint density at radius 2 is 0.741 bits per heavy atom. The van der Waals surface area contributed by atoms with Gasteiger partial charge in [0.2, 0.25) is 0 Å². The zero-order valence-corrected chi connectivity index (χ0v) is 57.2. The van der Waals surface area contributed by atoms with Crippen LogP contribution in [0.15, 0.2) is 107 Å². The van der Waals surface area contributed by atoms with Gasteiger partial charge in [0.1, 0.15) is 6.79 Å². The summed E-state index contributed by atoms with van der Waals surface area (Å²) in [6.07, 6.45) is 50.6. The van der Waals surface area contributed by atoms with Crippen molar-refractivity contribution in [3.63, 3.8) is 0 Å². The smallest absolute Gasteiger partial charge is 0.327 e. The van der Waals surface area contributed by atoms with Crippen LogP contribution >= 0.6 is 0 Å². The zero-order valence-electron chi connectivity index (χ0n) is 57.2. The average Bonchev–Trinajstić information content (AvgIpc) is 3.47. The van der Waals surface area contributed by atoms with Crippen molar-refractivity contribution in [2.24, 2.45) is 29.6 Å². The van der Waals surface area contributed by atoms with Gasteiger partial charge in [0.05, 0.1) is 12.7 Å². The quantitative estimate of drug-likeness (QED) is 0.0589. The van der Waals surface area contributed by atoms with Crippen LogP contribution in [-0.4, -0.2) is 86.4 Å². The lowest BCUT2D eigenvalue weighted by molar-refractivity contribution is -0.137. The molecule has 0 unspecified atom stereocenters. The van der Waals surface area contributed by atoms with Crippen LogP contribution in [0.3, 0.4) is 0 Å². The highest BCUT2D eigenvalue weighted by Crippen LogP contribution is 2.30. The number of hydrogen-bond acceptors (Lipinski definition) is 8. The number of carboxylic acid groups (broad SMARTS) is 3. The molecular weight excluding hydrogens is 1060 g/mol. The van der Waals surface area contributed by atoms with E-state index in [0.717, 1.165) is 53.7 Å². The van der Waals surface area contributed by atoms with E-state index in [1.807, 2.05) is 6.92 Å². The largest absolute Gasteiger partial charge is 0.481 e. The van der Waals surface area contributed by atoms with Crippen LogP contribution in [0.1, 0.15) is 283 Å². The highest BCUT2D eigenvalue weighted by molar-refractivity contribution is 5.78. The van der Waals surface area contributed by atoms with Crippen LogP contribution in [0.5, 0.6) is 0 Å². The normalized spacial score (nSPS) is 18.0. The number of aliphatic carboxylic acids is 3. The molecule has 0 spiro atoms. The molecule has 0 aromatic heterocycles. The second kappa shape index (κ2) is 64.3. The standard InChI is InChI=1S/C11H18.4C10H18.C9H14O2.C3H8O2.2C3H6O2.C3H4O2.C2H6O/c1-9(2)8-11-7-5-4-6-10(11)3;4*1-9(2)8-10-6-4-3-5-7-10;1-7-2-3-9(11)6-8(7)4-5-10;1-2-5-3-4;3*1-2-3(4)5;1-2-3/h8-9H,3-7H2,1-2H3;4*8-9H,3-7H2,1-2H3;4,9-11H,1-3,5-6H2;4H,2-3H2,1H3;2*2H2,1H3,(H,4,5);2H,1H2,(H,4,5);3H,2H2,1H3/b11-8-;;;;;8-4-;;;;;/t;;;;;9-;;;;;/m.....0...../s1. The minimum absolute atomic E-state index is 0.0427. The van der Waals surface area contributed by atoms with E-state index in [0.29, 0.717) is 18.9 Å². The molecule has 0 bridgehead atoms. The first-order valence-electron chi connectivity index (χ1n) is 33.1. The fraction of sp³-hybridized carbons (Fsp3) is 0.716. The fourth-order valence-electron chi connectivity index (χ4n) is 9.60. The van der Waals surface area contributed by atoms with E-state index in [9.17, 15) is 19.5 Å². The summed E-state index contributed by atoms with van der Waals surface area (Å²) in [4.78, 5) is 28.0. The average molecular weight is 1200 g/mol. The van der Waals surface area contributed by atoms with Gasteiger partial charge < -0.3 is 40.5 Å². The van der Waals surface area contributed by atoms with Gasteiger partial charge in [0, 0.05) is 32.1 Å². The predicted molar refractivity (Wildman–Crippen MR) is 364 cm³/mol. The van der Waals surface area contributed by atoms with Gasteiger partial charge in [-0.1, -0.05) is 198 Å². The fourth-order valence-corrected chi connectivity index (χ4v) is 9.60. The Kier molecular flexibility index (Phi) is 67.8. The first-order chi connectivity index (χ1) is 40.2. The molecular formula is C74H134O11. The van der Waals surface area contributed by atoms with Gasteiger partial charge in [-0.15, -0.1) is 0 Å². The number of rotatable bonds is 11. The van der Waals surface area contributed by atoms with E-state index in [1.165, 1.54) is 165 Å². The first kappa shape index (κ1) is 89.6. The highest BCUT2D eigenvalue weighted by Gasteiger charge is 2.16. The van der Waals surface area contributed by atoms with Gasteiger partial charge in [-0.2, -0.15) is 0 Å². The molecule has 6 fully saturated rings. The van der Waals surface area contributed by atoms with Crippen molar-refractivity contribution in [1.82, 2.24) is 0 Å². The van der Waals surface area contributed by atoms with Crippen molar-refractivity contribution in [1.29, 1.82) is 0 Å². The summed E-state index contributed by atoms with van der Waals surface area (Å²) in [7, 11) is 0. The molecule has 11 nitrogen and oxygen atoms in total. The van der Waals surface area contributed by atoms with Gasteiger partial charge in [-0.05, 0) is 202 Å². The summed E-state index contributed by atoms with van der Waals surface area (Å²) >= 11 is 0. The van der Waals surface area contributed by atoms with E-state index in [4.69, 9.17) is 30.6 Å². The summed E-state index contributed by atoms with van der Waals surface area (Å²) in [5.74, 6) is 1.24. The lowest BCUT2D eigenvalue weighted by Gasteiger charge is -2.21. The highest BCUT2D eigenvalue weighted by atomic mass is 16.6. The summed E-state index contributed by atoms with van der Waals surface area (Å²) in [5.41, 5.74) is 11.8. The molecule has 496 valence electrons. The number of aliphatic hydroxyl groups excluding tert-OH is 4. The summed E-state index contributed by atoms with van der Waals surface area (Å²) < 4.78 is 4.39. The van der Waals surface area contributed by atoms with E-state index in [-0.39, 0.29) is 39.0 Å². The maximum atomic E-state index is 9.37. The third-order valence-corrected chi connectivity index (χ3v) is 13.5. The molecule has 11 heteroatoms. The zero-order chi connectivity index (χ0) is 65.8. The molecule has 1 atom stereocenters. The summed E-state index contributed by atoms with van der Waals surface area (Å²) in [6, 6.07) is 0. The molecule has 0 saturated heterocycles.